The highest BCUT2D eigenvalue weighted by Gasteiger charge is 2.43. The lowest BCUT2D eigenvalue weighted by molar-refractivity contribution is 0.321. The van der Waals surface area contributed by atoms with E-state index in [2.05, 4.69) is 28.9 Å². The molecule has 22 heavy (non-hydrogen) atoms. The Balaban J connectivity index is 1.78. The van der Waals surface area contributed by atoms with E-state index in [1.165, 1.54) is 5.56 Å². The molecule has 2 aliphatic heterocycles. The van der Waals surface area contributed by atoms with Crippen LogP contribution in [0.2, 0.25) is 5.02 Å². The topological polar surface area (TPSA) is 28.5 Å². The van der Waals surface area contributed by atoms with E-state index in [1.54, 1.807) is 0 Å². The van der Waals surface area contributed by atoms with Gasteiger partial charge in [0.15, 0.2) is 5.17 Å². The number of rotatable bonds is 2. The predicted octanol–water partition coefficient (Wildman–Crippen LogP) is 4.32. The van der Waals surface area contributed by atoms with Gasteiger partial charge in [0.05, 0.1) is 11.7 Å². The predicted molar refractivity (Wildman–Crippen MR) is 92.4 cm³/mol. The van der Waals surface area contributed by atoms with Crippen LogP contribution in [0.25, 0.3) is 0 Å². The third kappa shape index (κ3) is 2.40. The first-order valence-electron chi connectivity index (χ1n) is 7.40. The summed E-state index contributed by atoms with van der Waals surface area (Å²) in [6.45, 7) is 3.26. The summed E-state index contributed by atoms with van der Waals surface area (Å²) in [7, 11) is 0. The molecule has 3 heterocycles. The van der Waals surface area contributed by atoms with Crippen molar-refractivity contribution < 1.29 is 0 Å². The van der Waals surface area contributed by atoms with Gasteiger partial charge in [-0.25, -0.2) is 0 Å². The number of nitrogens with zero attached hydrogens (tertiary/aromatic N) is 3. The van der Waals surface area contributed by atoms with Gasteiger partial charge in [-0.05, 0) is 29.8 Å². The standard InChI is InChI=1S/C17H16ClN3S/c1-11-10-21-16(12-5-4-6-13(18)9-12)15(20-17(21)22-11)14-7-2-3-8-19-14/h2-9,11,15-16H,10H2,1H3/t11-,15+,16+/m1/s1. The minimum Gasteiger partial charge on any atom is -0.341 e. The fourth-order valence-corrected chi connectivity index (χ4v) is 4.46. The molecule has 5 heteroatoms. The van der Waals surface area contributed by atoms with Crippen molar-refractivity contribution in [3.63, 3.8) is 0 Å². The maximum absolute atomic E-state index is 6.21. The van der Waals surface area contributed by atoms with E-state index < -0.39 is 0 Å². The Bertz CT molecular complexity index is 719. The lowest BCUT2D eigenvalue weighted by Gasteiger charge is -2.27. The molecule has 112 valence electrons. The molecule has 0 unspecified atom stereocenters. The van der Waals surface area contributed by atoms with Crippen LogP contribution in [0.5, 0.6) is 0 Å². The van der Waals surface area contributed by atoms with Crippen molar-refractivity contribution >= 4 is 28.5 Å². The molecule has 0 aliphatic carbocycles. The molecule has 1 aromatic heterocycles. The quantitative estimate of drug-likeness (QED) is 0.821. The van der Waals surface area contributed by atoms with Crippen molar-refractivity contribution in [3.8, 4) is 0 Å². The molecular formula is C17H16ClN3S. The number of benzene rings is 1. The molecule has 2 aromatic rings. The van der Waals surface area contributed by atoms with Gasteiger partial charge in [-0.2, -0.15) is 0 Å². The number of amidine groups is 1. The molecule has 1 fully saturated rings. The number of hydrogen-bond donors (Lipinski definition) is 0. The van der Waals surface area contributed by atoms with E-state index in [0.29, 0.717) is 5.25 Å². The Kier molecular flexibility index (Phi) is 3.59. The zero-order valence-corrected chi connectivity index (χ0v) is 13.8. The van der Waals surface area contributed by atoms with Crippen LogP contribution in [0.1, 0.15) is 30.3 Å². The van der Waals surface area contributed by atoms with Crippen LogP contribution in [-0.2, 0) is 0 Å². The minimum absolute atomic E-state index is 0.0367. The summed E-state index contributed by atoms with van der Waals surface area (Å²) < 4.78 is 0. The molecule has 0 radical (unpaired) electrons. The van der Waals surface area contributed by atoms with E-state index in [4.69, 9.17) is 16.6 Å². The average molecular weight is 330 g/mol. The molecule has 0 N–H and O–H groups in total. The van der Waals surface area contributed by atoms with Crippen LogP contribution in [-0.4, -0.2) is 26.8 Å². The van der Waals surface area contributed by atoms with Gasteiger partial charge in [0.1, 0.15) is 6.04 Å². The van der Waals surface area contributed by atoms with Gasteiger partial charge in [-0.1, -0.05) is 48.5 Å². The van der Waals surface area contributed by atoms with Gasteiger partial charge in [0.2, 0.25) is 0 Å². The monoisotopic (exact) mass is 329 g/mol. The number of thioether (sulfide) groups is 1. The summed E-state index contributed by atoms with van der Waals surface area (Å²) in [5, 5.41) is 2.48. The van der Waals surface area contributed by atoms with E-state index in [9.17, 15) is 0 Å². The van der Waals surface area contributed by atoms with Crippen LogP contribution < -0.4 is 0 Å². The van der Waals surface area contributed by atoms with E-state index in [1.807, 2.05) is 48.3 Å². The van der Waals surface area contributed by atoms with Crippen LogP contribution in [0.4, 0.5) is 0 Å². The van der Waals surface area contributed by atoms with Crippen LogP contribution in [0.3, 0.4) is 0 Å². The number of aromatic nitrogens is 1. The summed E-state index contributed by atoms with van der Waals surface area (Å²) in [6.07, 6.45) is 1.84. The first-order chi connectivity index (χ1) is 10.7. The lowest BCUT2D eigenvalue weighted by Crippen LogP contribution is -2.28. The molecule has 3 atom stereocenters. The van der Waals surface area contributed by atoms with Gasteiger partial charge in [-0.3, -0.25) is 9.98 Å². The third-order valence-electron chi connectivity index (χ3n) is 4.07. The van der Waals surface area contributed by atoms with Crippen LogP contribution in [0, 0.1) is 0 Å². The molecule has 0 spiro atoms. The van der Waals surface area contributed by atoms with Gasteiger partial charge in [0, 0.05) is 23.0 Å². The fourth-order valence-electron chi connectivity index (χ4n) is 3.17. The molecule has 0 saturated carbocycles. The Morgan fingerprint density at radius 1 is 1.23 bits per heavy atom. The second kappa shape index (κ2) is 5.60. The van der Waals surface area contributed by atoms with Crippen molar-refractivity contribution in [3.05, 3.63) is 64.9 Å². The Morgan fingerprint density at radius 2 is 2.14 bits per heavy atom. The number of hydrogen-bond acceptors (Lipinski definition) is 4. The summed E-state index contributed by atoms with van der Waals surface area (Å²) in [5.41, 5.74) is 2.22. The van der Waals surface area contributed by atoms with Gasteiger partial charge in [0.25, 0.3) is 0 Å². The van der Waals surface area contributed by atoms with Crippen molar-refractivity contribution in [2.75, 3.05) is 6.54 Å². The van der Waals surface area contributed by atoms with Gasteiger partial charge < -0.3 is 4.90 Å². The highest BCUT2D eigenvalue weighted by atomic mass is 35.5. The zero-order valence-electron chi connectivity index (χ0n) is 12.2. The minimum atomic E-state index is 0.0367. The fraction of sp³-hybridized carbons (Fsp3) is 0.294. The highest BCUT2D eigenvalue weighted by Crippen LogP contribution is 2.47. The summed E-state index contributed by atoms with van der Waals surface area (Å²) >= 11 is 8.06. The first-order valence-corrected chi connectivity index (χ1v) is 8.65. The summed E-state index contributed by atoms with van der Waals surface area (Å²) in [6, 6.07) is 14.4. The summed E-state index contributed by atoms with van der Waals surface area (Å²) in [5.74, 6) is 0. The number of halogens is 1. The Hall–Kier alpha value is -1.52. The van der Waals surface area contributed by atoms with E-state index >= 15 is 0 Å². The van der Waals surface area contributed by atoms with Crippen molar-refractivity contribution in [1.29, 1.82) is 0 Å². The van der Waals surface area contributed by atoms with E-state index in [0.717, 1.165) is 22.4 Å². The molecular weight excluding hydrogens is 314 g/mol. The highest BCUT2D eigenvalue weighted by molar-refractivity contribution is 8.14. The molecule has 4 rings (SSSR count). The molecule has 0 amide bonds. The molecule has 2 aliphatic rings. The maximum atomic E-state index is 6.21. The van der Waals surface area contributed by atoms with E-state index in [-0.39, 0.29) is 12.1 Å². The Labute approximate surface area is 139 Å². The molecule has 3 nitrogen and oxygen atoms in total. The molecule has 0 bridgehead atoms. The first kappa shape index (κ1) is 14.1. The van der Waals surface area contributed by atoms with Crippen molar-refractivity contribution in [2.45, 2.75) is 24.3 Å². The summed E-state index contributed by atoms with van der Waals surface area (Å²) in [4.78, 5) is 11.9. The number of fused-ring (bicyclic) bond motifs is 1. The second-order valence-electron chi connectivity index (χ2n) is 5.69. The van der Waals surface area contributed by atoms with Crippen LogP contribution in [0.15, 0.2) is 53.7 Å². The maximum Gasteiger partial charge on any atom is 0.160 e. The Morgan fingerprint density at radius 3 is 2.91 bits per heavy atom. The van der Waals surface area contributed by atoms with Crippen molar-refractivity contribution in [1.82, 2.24) is 9.88 Å². The van der Waals surface area contributed by atoms with Gasteiger partial charge in [-0.15, -0.1) is 0 Å². The smallest absolute Gasteiger partial charge is 0.160 e. The van der Waals surface area contributed by atoms with Crippen molar-refractivity contribution in [2.24, 2.45) is 4.99 Å². The lowest BCUT2D eigenvalue weighted by atomic mass is 9.96. The largest absolute Gasteiger partial charge is 0.341 e. The second-order valence-corrected chi connectivity index (χ2v) is 7.53. The SMILES string of the molecule is C[C@@H]1CN2C(=N[C@@H](c3ccccn3)[C@@H]2c2cccc(Cl)c2)S1. The average Bonchev–Trinajstić information content (AvgIpc) is 3.04. The molecule has 1 aromatic carbocycles. The van der Waals surface area contributed by atoms with Crippen LogP contribution >= 0.6 is 23.4 Å². The normalized spacial score (nSPS) is 26.9. The number of pyridine rings is 1. The number of aliphatic imine (C=N–C) groups is 1. The molecule has 1 saturated heterocycles. The van der Waals surface area contributed by atoms with Gasteiger partial charge >= 0.3 is 0 Å². The third-order valence-corrected chi connectivity index (χ3v) is 5.41. The zero-order chi connectivity index (χ0) is 15.1.